The highest BCUT2D eigenvalue weighted by molar-refractivity contribution is 5.96. The summed E-state index contributed by atoms with van der Waals surface area (Å²) in [4.78, 5) is 43.4. The van der Waals surface area contributed by atoms with Crippen LogP contribution in [-0.4, -0.2) is 57.5 Å². The standard InChI is InChI=1S/C27H31N3O4/c31-23(26(15-8-3-9-16-26)20-10-4-1-5-11-20)30-18-22-14-17-27(30,24(32)33)19-29(22)25(34)28-21-12-6-2-7-13-21/h1-2,4-7,10-13,22H,3,8-9,14-19H2,(H,28,34)(H,32,33)/t22-,27+/m0/s1. The molecular formula is C27H31N3O4. The Bertz CT molecular complexity index is 1070. The molecule has 178 valence electrons. The average Bonchev–Trinajstić information content (AvgIpc) is 2.89. The number of anilines is 1. The zero-order chi connectivity index (χ0) is 23.8. The van der Waals surface area contributed by atoms with Gasteiger partial charge < -0.3 is 20.2 Å². The minimum Gasteiger partial charge on any atom is -0.479 e. The molecule has 34 heavy (non-hydrogen) atoms. The fourth-order valence-electron chi connectivity index (χ4n) is 6.17. The maximum atomic E-state index is 14.3. The normalized spacial score (nSPS) is 25.6. The number of piperazine rings is 1. The summed E-state index contributed by atoms with van der Waals surface area (Å²) in [6, 6.07) is 18.5. The summed E-state index contributed by atoms with van der Waals surface area (Å²) in [5.41, 5.74) is -0.466. The van der Waals surface area contributed by atoms with Gasteiger partial charge in [-0.3, -0.25) is 4.79 Å². The van der Waals surface area contributed by atoms with Crippen molar-refractivity contribution in [1.29, 1.82) is 0 Å². The Hall–Kier alpha value is -3.35. The molecule has 2 bridgehead atoms. The van der Waals surface area contributed by atoms with Crippen LogP contribution in [0.2, 0.25) is 0 Å². The van der Waals surface area contributed by atoms with Gasteiger partial charge >= 0.3 is 12.0 Å². The zero-order valence-corrected chi connectivity index (χ0v) is 19.3. The van der Waals surface area contributed by atoms with Crippen LogP contribution in [0.5, 0.6) is 0 Å². The first-order chi connectivity index (χ1) is 16.5. The van der Waals surface area contributed by atoms with Crippen LogP contribution in [0.1, 0.15) is 50.5 Å². The van der Waals surface area contributed by atoms with E-state index in [0.29, 0.717) is 18.5 Å². The highest BCUT2D eigenvalue weighted by Crippen LogP contribution is 2.46. The summed E-state index contributed by atoms with van der Waals surface area (Å²) in [7, 11) is 0. The number of piperidine rings is 2. The SMILES string of the molecule is O=C(Nc1ccccc1)N1C[C@@]2(C(=O)O)CC[C@H]1CN2C(=O)C1(c2ccccc2)CCCCC1. The van der Waals surface area contributed by atoms with E-state index in [1.807, 2.05) is 48.5 Å². The maximum absolute atomic E-state index is 14.3. The third kappa shape index (κ3) is 3.63. The first kappa shape index (κ1) is 22.4. The molecule has 7 nitrogen and oxygen atoms in total. The molecule has 3 amide bonds. The summed E-state index contributed by atoms with van der Waals surface area (Å²) in [5.74, 6) is -1.12. The molecule has 4 aliphatic rings. The molecule has 0 radical (unpaired) electrons. The monoisotopic (exact) mass is 461 g/mol. The molecule has 1 aliphatic carbocycles. The summed E-state index contributed by atoms with van der Waals surface area (Å²) >= 11 is 0. The van der Waals surface area contributed by atoms with Gasteiger partial charge in [-0.1, -0.05) is 67.8 Å². The maximum Gasteiger partial charge on any atom is 0.331 e. The molecule has 0 spiro atoms. The van der Waals surface area contributed by atoms with Crippen LogP contribution >= 0.6 is 0 Å². The van der Waals surface area contributed by atoms with Crippen molar-refractivity contribution in [3.63, 3.8) is 0 Å². The van der Waals surface area contributed by atoms with Gasteiger partial charge in [-0.25, -0.2) is 9.59 Å². The predicted octanol–water partition coefficient (Wildman–Crippen LogP) is 4.25. The zero-order valence-electron chi connectivity index (χ0n) is 19.3. The van der Waals surface area contributed by atoms with Crippen LogP contribution in [0.15, 0.2) is 60.7 Å². The molecule has 0 aromatic heterocycles. The quantitative estimate of drug-likeness (QED) is 0.712. The fraction of sp³-hybridized carbons (Fsp3) is 0.444. The number of carbonyl (C=O) groups is 3. The largest absolute Gasteiger partial charge is 0.479 e. The number of para-hydroxylation sites is 1. The smallest absolute Gasteiger partial charge is 0.331 e. The third-order valence-corrected chi connectivity index (χ3v) is 8.05. The number of aliphatic carboxylic acids is 1. The molecule has 2 aromatic rings. The van der Waals surface area contributed by atoms with E-state index in [-0.39, 0.29) is 31.1 Å². The Kier molecular flexibility index (Phi) is 5.80. The van der Waals surface area contributed by atoms with Crippen molar-refractivity contribution in [2.45, 2.75) is 61.9 Å². The van der Waals surface area contributed by atoms with Gasteiger partial charge in [0.15, 0.2) is 5.54 Å². The topological polar surface area (TPSA) is 89.9 Å². The van der Waals surface area contributed by atoms with Crippen molar-refractivity contribution >= 4 is 23.6 Å². The van der Waals surface area contributed by atoms with Gasteiger partial charge in [0.2, 0.25) is 5.91 Å². The Morgan fingerprint density at radius 3 is 2.18 bits per heavy atom. The number of carbonyl (C=O) groups excluding carboxylic acids is 2. The Labute approximate surface area is 199 Å². The molecule has 4 fully saturated rings. The van der Waals surface area contributed by atoms with Gasteiger partial charge in [0.1, 0.15) is 0 Å². The Morgan fingerprint density at radius 2 is 1.53 bits per heavy atom. The van der Waals surface area contributed by atoms with E-state index >= 15 is 0 Å². The molecule has 6 rings (SSSR count). The molecule has 3 saturated heterocycles. The number of nitrogens with one attached hydrogen (secondary N) is 1. The van der Waals surface area contributed by atoms with Crippen molar-refractivity contribution in [3.8, 4) is 0 Å². The van der Waals surface area contributed by atoms with Crippen molar-refractivity contribution in [1.82, 2.24) is 9.80 Å². The van der Waals surface area contributed by atoms with Gasteiger partial charge in [-0.05, 0) is 43.4 Å². The third-order valence-electron chi connectivity index (χ3n) is 8.05. The van der Waals surface area contributed by atoms with Crippen LogP contribution in [-0.2, 0) is 15.0 Å². The lowest BCUT2D eigenvalue weighted by atomic mass is 9.66. The summed E-state index contributed by atoms with van der Waals surface area (Å²) < 4.78 is 0. The first-order valence-corrected chi connectivity index (χ1v) is 12.2. The predicted molar refractivity (Wildman–Crippen MR) is 128 cm³/mol. The number of hydrogen-bond acceptors (Lipinski definition) is 3. The second kappa shape index (κ2) is 8.78. The molecule has 2 N–H and O–H groups in total. The van der Waals surface area contributed by atoms with Crippen molar-refractivity contribution in [3.05, 3.63) is 66.2 Å². The number of nitrogens with zero attached hydrogens (tertiary/aromatic N) is 2. The molecule has 2 atom stereocenters. The number of urea groups is 1. The molecule has 0 unspecified atom stereocenters. The lowest BCUT2D eigenvalue weighted by molar-refractivity contribution is -0.177. The number of hydrogen-bond donors (Lipinski definition) is 2. The van der Waals surface area contributed by atoms with Crippen LogP contribution in [0, 0.1) is 0 Å². The second-order valence-electron chi connectivity index (χ2n) is 9.88. The second-order valence-corrected chi connectivity index (χ2v) is 9.88. The fourth-order valence-corrected chi connectivity index (χ4v) is 6.17. The van der Waals surface area contributed by atoms with Crippen LogP contribution in [0.25, 0.3) is 0 Å². The van der Waals surface area contributed by atoms with E-state index < -0.39 is 16.9 Å². The molecule has 3 aliphatic heterocycles. The lowest BCUT2D eigenvalue weighted by Crippen LogP contribution is -2.76. The van der Waals surface area contributed by atoms with Crippen LogP contribution in [0.3, 0.4) is 0 Å². The van der Waals surface area contributed by atoms with Gasteiger partial charge in [0.05, 0.1) is 18.0 Å². The van der Waals surface area contributed by atoms with Crippen LogP contribution < -0.4 is 5.32 Å². The molecular weight excluding hydrogens is 430 g/mol. The molecule has 7 heteroatoms. The van der Waals surface area contributed by atoms with E-state index in [1.54, 1.807) is 21.9 Å². The average molecular weight is 462 g/mol. The minimum absolute atomic E-state index is 0.00226. The van der Waals surface area contributed by atoms with Gasteiger partial charge in [0.25, 0.3) is 0 Å². The molecule has 1 saturated carbocycles. The Morgan fingerprint density at radius 1 is 0.882 bits per heavy atom. The number of rotatable bonds is 4. The Balaban J connectivity index is 1.45. The number of benzene rings is 2. The highest BCUT2D eigenvalue weighted by atomic mass is 16.4. The van der Waals surface area contributed by atoms with E-state index in [4.69, 9.17) is 0 Å². The van der Waals surface area contributed by atoms with Crippen molar-refractivity contribution < 1.29 is 19.5 Å². The van der Waals surface area contributed by atoms with Crippen molar-refractivity contribution in [2.75, 3.05) is 18.4 Å². The molecule has 2 aromatic carbocycles. The van der Waals surface area contributed by atoms with Gasteiger partial charge in [-0.15, -0.1) is 0 Å². The summed E-state index contributed by atoms with van der Waals surface area (Å²) in [6.45, 7) is 0.254. The number of fused-ring (bicyclic) bond motifs is 3. The summed E-state index contributed by atoms with van der Waals surface area (Å²) in [6.07, 6.45) is 5.36. The van der Waals surface area contributed by atoms with Crippen molar-refractivity contribution in [2.24, 2.45) is 0 Å². The van der Waals surface area contributed by atoms with Gasteiger partial charge in [0, 0.05) is 12.2 Å². The van der Waals surface area contributed by atoms with E-state index in [9.17, 15) is 19.5 Å². The highest BCUT2D eigenvalue weighted by Gasteiger charge is 2.60. The first-order valence-electron chi connectivity index (χ1n) is 12.2. The van der Waals surface area contributed by atoms with E-state index in [2.05, 4.69) is 5.32 Å². The van der Waals surface area contributed by atoms with E-state index in [0.717, 1.165) is 37.7 Å². The van der Waals surface area contributed by atoms with E-state index in [1.165, 1.54) is 0 Å². The molecule has 3 heterocycles. The number of carboxylic acid groups (broad SMARTS) is 1. The summed E-state index contributed by atoms with van der Waals surface area (Å²) in [5, 5.41) is 13.3. The lowest BCUT2D eigenvalue weighted by Gasteiger charge is -2.58. The minimum atomic E-state index is -1.40. The number of amides is 3. The number of carboxylic acids is 1. The van der Waals surface area contributed by atoms with Gasteiger partial charge in [-0.2, -0.15) is 0 Å². The van der Waals surface area contributed by atoms with Crippen LogP contribution in [0.4, 0.5) is 10.5 Å².